The Labute approximate surface area is 106 Å². The van der Waals surface area contributed by atoms with E-state index >= 15 is 0 Å². The van der Waals surface area contributed by atoms with E-state index in [1.807, 2.05) is 19.2 Å². The third kappa shape index (κ3) is 2.25. The maximum Gasteiger partial charge on any atom is 0.177 e. The van der Waals surface area contributed by atoms with E-state index in [0.717, 1.165) is 35.4 Å². The highest BCUT2D eigenvalue weighted by atomic mass is 15.0. The first-order chi connectivity index (χ1) is 8.81. The number of rotatable bonds is 3. The van der Waals surface area contributed by atoms with Gasteiger partial charge in [-0.3, -0.25) is 0 Å². The summed E-state index contributed by atoms with van der Waals surface area (Å²) in [5.74, 6) is 1.01. The molecule has 1 aromatic carbocycles. The van der Waals surface area contributed by atoms with Crippen molar-refractivity contribution < 1.29 is 0 Å². The number of aryl methyl sites for hydroxylation is 3. The Kier molecular flexibility index (Phi) is 2.81. The van der Waals surface area contributed by atoms with Gasteiger partial charge in [0.1, 0.15) is 5.82 Å². The van der Waals surface area contributed by atoms with Gasteiger partial charge in [-0.25, -0.2) is 9.97 Å². The molecule has 0 aliphatic carbocycles. The van der Waals surface area contributed by atoms with Gasteiger partial charge in [0.15, 0.2) is 5.65 Å². The lowest BCUT2D eigenvalue weighted by Gasteiger charge is -1.97. The minimum atomic E-state index is 0.809. The highest BCUT2D eigenvalue weighted by Crippen LogP contribution is 2.12. The summed E-state index contributed by atoms with van der Waals surface area (Å²) in [6, 6.07) is 12.5. The summed E-state index contributed by atoms with van der Waals surface area (Å²) in [5, 5.41) is 0. The van der Waals surface area contributed by atoms with Crippen LogP contribution in [0.5, 0.6) is 0 Å². The molecule has 0 unspecified atom stereocenters. The molecule has 0 amide bonds. The monoisotopic (exact) mass is 237 g/mol. The summed E-state index contributed by atoms with van der Waals surface area (Å²) in [5.41, 5.74) is 4.32. The average molecular weight is 237 g/mol. The molecule has 0 aliphatic rings. The number of nitrogens with one attached hydrogen (secondary N) is 1. The van der Waals surface area contributed by atoms with E-state index in [1.54, 1.807) is 0 Å². The van der Waals surface area contributed by atoms with Crippen molar-refractivity contribution in [2.45, 2.75) is 19.8 Å². The van der Waals surface area contributed by atoms with Crippen LogP contribution >= 0.6 is 0 Å². The second-order valence-corrected chi connectivity index (χ2v) is 4.55. The van der Waals surface area contributed by atoms with Gasteiger partial charge < -0.3 is 4.98 Å². The minimum Gasteiger partial charge on any atom is -0.341 e. The largest absolute Gasteiger partial charge is 0.341 e. The standard InChI is InChI=1S/C15H15N3/c1-11-9-13-15(16-10-11)18-14(17-13)8-7-12-5-3-2-4-6-12/h2-6,9-10H,7-8H2,1H3,(H,16,17,18). The third-order valence-corrected chi connectivity index (χ3v) is 3.02. The van der Waals surface area contributed by atoms with Crippen LogP contribution in [0.15, 0.2) is 42.6 Å². The summed E-state index contributed by atoms with van der Waals surface area (Å²) in [7, 11) is 0. The van der Waals surface area contributed by atoms with Crippen LogP contribution in [-0.2, 0) is 12.8 Å². The third-order valence-electron chi connectivity index (χ3n) is 3.02. The van der Waals surface area contributed by atoms with Gasteiger partial charge in [-0.15, -0.1) is 0 Å². The molecule has 0 bridgehead atoms. The summed E-state index contributed by atoms with van der Waals surface area (Å²) >= 11 is 0. The number of pyridine rings is 1. The van der Waals surface area contributed by atoms with Crippen molar-refractivity contribution >= 4 is 11.2 Å². The minimum absolute atomic E-state index is 0.809. The fourth-order valence-electron chi connectivity index (χ4n) is 2.08. The Morgan fingerprint density at radius 2 is 1.94 bits per heavy atom. The van der Waals surface area contributed by atoms with Gasteiger partial charge in [-0.1, -0.05) is 30.3 Å². The average Bonchev–Trinajstić information content (AvgIpc) is 2.79. The van der Waals surface area contributed by atoms with E-state index in [2.05, 4.69) is 45.3 Å². The van der Waals surface area contributed by atoms with Crippen LogP contribution in [0, 0.1) is 6.92 Å². The highest BCUT2D eigenvalue weighted by molar-refractivity contribution is 5.70. The maximum atomic E-state index is 4.50. The van der Waals surface area contributed by atoms with Crippen LogP contribution in [-0.4, -0.2) is 15.0 Å². The van der Waals surface area contributed by atoms with Gasteiger partial charge in [-0.2, -0.15) is 0 Å². The van der Waals surface area contributed by atoms with Gasteiger partial charge in [0.05, 0.1) is 5.52 Å². The fraction of sp³-hybridized carbons (Fsp3) is 0.200. The number of benzene rings is 1. The fourth-order valence-corrected chi connectivity index (χ4v) is 2.08. The van der Waals surface area contributed by atoms with Gasteiger partial charge >= 0.3 is 0 Å². The topological polar surface area (TPSA) is 41.6 Å². The molecule has 1 N–H and O–H groups in total. The van der Waals surface area contributed by atoms with E-state index in [4.69, 9.17) is 0 Å². The molecule has 0 saturated carbocycles. The second-order valence-electron chi connectivity index (χ2n) is 4.55. The smallest absolute Gasteiger partial charge is 0.177 e. The predicted octanol–water partition coefficient (Wildman–Crippen LogP) is 3.05. The van der Waals surface area contributed by atoms with E-state index < -0.39 is 0 Å². The van der Waals surface area contributed by atoms with Crippen LogP contribution in [0.25, 0.3) is 11.2 Å². The molecule has 2 heterocycles. The molecule has 0 atom stereocenters. The van der Waals surface area contributed by atoms with E-state index in [9.17, 15) is 0 Å². The van der Waals surface area contributed by atoms with Crippen molar-refractivity contribution in [3.63, 3.8) is 0 Å². The maximum absolute atomic E-state index is 4.50. The molecule has 90 valence electrons. The zero-order valence-electron chi connectivity index (χ0n) is 10.4. The van der Waals surface area contributed by atoms with E-state index in [0.29, 0.717) is 0 Å². The number of fused-ring (bicyclic) bond motifs is 1. The Morgan fingerprint density at radius 1 is 1.11 bits per heavy atom. The Balaban J connectivity index is 1.79. The molecule has 0 saturated heterocycles. The normalized spacial score (nSPS) is 10.9. The predicted molar refractivity (Wildman–Crippen MR) is 72.5 cm³/mol. The molecule has 0 aliphatic heterocycles. The lowest BCUT2D eigenvalue weighted by Crippen LogP contribution is -1.92. The van der Waals surface area contributed by atoms with Crippen LogP contribution in [0.3, 0.4) is 0 Å². The number of aromatic nitrogens is 3. The molecular weight excluding hydrogens is 222 g/mol. The van der Waals surface area contributed by atoms with E-state index in [1.165, 1.54) is 5.56 Å². The van der Waals surface area contributed by atoms with Crippen LogP contribution in [0.1, 0.15) is 17.0 Å². The highest BCUT2D eigenvalue weighted by Gasteiger charge is 2.04. The van der Waals surface area contributed by atoms with Gasteiger partial charge in [-0.05, 0) is 30.5 Å². The molecule has 18 heavy (non-hydrogen) atoms. The number of aromatic amines is 1. The summed E-state index contributed by atoms with van der Waals surface area (Å²) in [6.45, 7) is 2.04. The molecule has 2 aromatic heterocycles. The number of hydrogen-bond donors (Lipinski definition) is 1. The lowest BCUT2D eigenvalue weighted by atomic mass is 10.1. The number of imidazole rings is 1. The van der Waals surface area contributed by atoms with Crippen molar-refractivity contribution in [2.24, 2.45) is 0 Å². The summed E-state index contributed by atoms with van der Waals surface area (Å²) < 4.78 is 0. The van der Waals surface area contributed by atoms with Crippen molar-refractivity contribution in [3.05, 3.63) is 59.5 Å². The summed E-state index contributed by atoms with van der Waals surface area (Å²) in [6.07, 6.45) is 3.77. The van der Waals surface area contributed by atoms with E-state index in [-0.39, 0.29) is 0 Å². The number of hydrogen-bond acceptors (Lipinski definition) is 2. The number of H-pyrrole nitrogens is 1. The van der Waals surface area contributed by atoms with Gasteiger partial charge in [0, 0.05) is 12.6 Å². The van der Waals surface area contributed by atoms with Crippen molar-refractivity contribution in [1.82, 2.24) is 15.0 Å². The van der Waals surface area contributed by atoms with Crippen LogP contribution in [0.4, 0.5) is 0 Å². The molecule has 3 heteroatoms. The zero-order chi connectivity index (χ0) is 12.4. The van der Waals surface area contributed by atoms with Crippen molar-refractivity contribution in [2.75, 3.05) is 0 Å². The van der Waals surface area contributed by atoms with Crippen molar-refractivity contribution in [3.8, 4) is 0 Å². The molecule has 0 spiro atoms. The molecule has 3 nitrogen and oxygen atoms in total. The Bertz CT molecular complexity index is 656. The molecule has 0 fully saturated rings. The molecular formula is C15H15N3. The summed E-state index contributed by atoms with van der Waals surface area (Å²) in [4.78, 5) is 12.1. The van der Waals surface area contributed by atoms with Crippen LogP contribution in [0.2, 0.25) is 0 Å². The van der Waals surface area contributed by atoms with Gasteiger partial charge in [0.25, 0.3) is 0 Å². The Hall–Kier alpha value is -2.16. The van der Waals surface area contributed by atoms with Crippen molar-refractivity contribution in [1.29, 1.82) is 0 Å². The quantitative estimate of drug-likeness (QED) is 0.760. The first-order valence-electron chi connectivity index (χ1n) is 6.16. The van der Waals surface area contributed by atoms with Gasteiger partial charge in [0.2, 0.25) is 0 Å². The molecule has 0 radical (unpaired) electrons. The Morgan fingerprint density at radius 3 is 2.78 bits per heavy atom. The molecule has 3 rings (SSSR count). The van der Waals surface area contributed by atoms with Crippen LogP contribution < -0.4 is 0 Å². The zero-order valence-corrected chi connectivity index (χ0v) is 10.4. The SMILES string of the molecule is Cc1cnc2nc(CCc3ccccc3)[nH]c2c1. The number of nitrogens with zero attached hydrogens (tertiary/aromatic N) is 2. The molecule has 3 aromatic rings. The second kappa shape index (κ2) is 4.61. The lowest BCUT2D eigenvalue weighted by molar-refractivity contribution is 0.889. The first-order valence-corrected chi connectivity index (χ1v) is 6.16. The first kappa shape index (κ1) is 11.0.